The lowest BCUT2D eigenvalue weighted by Crippen LogP contribution is -2.47. The second kappa shape index (κ2) is 10.00. The fourth-order valence-electron chi connectivity index (χ4n) is 2.52. The van der Waals surface area contributed by atoms with Crippen LogP contribution in [0.3, 0.4) is 0 Å². The maximum Gasteiger partial charge on any atom is 0.241 e. The van der Waals surface area contributed by atoms with E-state index in [0.717, 1.165) is 25.9 Å². The van der Waals surface area contributed by atoms with Crippen LogP contribution in [-0.4, -0.2) is 49.0 Å². The first-order valence-corrected chi connectivity index (χ1v) is 6.68. The predicted molar refractivity (Wildman–Crippen MR) is 86.1 cm³/mol. The third kappa shape index (κ3) is 6.22. The molecule has 8 heteroatoms. The molecule has 21 heavy (non-hydrogen) atoms. The Balaban J connectivity index is 0.00000200. The molecular weight excluding hydrogens is 315 g/mol. The predicted octanol–water partition coefficient (Wildman–Crippen LogP) is 0.859. The minimum absolute atomic E-state index is 0. The van der Waals surface area contributed by atoms with Crippen molar-refractivity contribution in [1.82, 2.24) is 20.4 Å². The highest BCUT2D eigenvalue weighted by molar-refractivity contribution is 5.85. The van der Waals surface area contributed by atoms with E-state index in [1.165, 1.54) is 0 Å². The van der Waals surface area contributed by atoms with E-state index in [4.69, 9.17) is 4.74 Å². The highest BCUT2D eigenvalue weighted by Crippen LogP contribution is 2.28. The van der Waals surface area contributed by atoms with E-state index in [9.17, 15) is 4.79 Å². The minimum atomic E-state index is -0.00212. The van der Waals surface area contributed by atoms with E-state index in [0.29, 0.717) is 13.2 Å². The summed E-state index contributed by atoms with van der Waals surface area (Å²) >= 11 is 0. The number of nitrogens with zero attached hydrogens (tertiary/aromatic N) is 2. The number of amides is 1. The quantitative estimate of drug-likeness (QED) is 0.807. The Labute approximate surface area is 137 Å². The molecule has 0 bridgehead atoms. The summed E-state index contributed by atoms with van der Waals surface area (Å²) in [5.41, 5.74) is 0.0692. The average Bonchev–Trinajstić information content (AvgIpc) is 2.91. The number of hydrogen-bond donors (Lipinski definition) is 2. The Bertz CT molecular complexity index is 389. The molecular formula is C13H24Cl2N4O2. The number of carbonyl (C=O) groups excluding carboxylic acids is 1. The first-order valence-electron chi connectivity index (χ1n) is 6.68. The van der Waals surface area contributed by atoms with Crippen LogP contribution in [0.5, 0.6) is 0 Å². The molecule has 6 nitrogen and oxygen atoms in total. The van der Waals surface area contributed by atoms with Gasteiger partial charge in [0.15, 0.2) is 0 Å². The van der Waals surface area contributed by atoms with Crippen molar-refractivity contribution in [2.75, 3.05) is 33.4 Å². The SMILES string of the molecule is COCC1(CNC(=O)Cn2cccn2)CCNCC1.Cl.Cl. The summed E-state index contributed by atoms with van der Waals surface area (Å²) < 4.78 is 6.95. The summed E-state index contributed by atoms with van der Waals surface area (Å²) in [7, 11) is 1.72. The third-order valence-corrected chi connectivity index (χ3v) is 3.64. The molecule has 1 saturated heterocycles. The molecule has 0 saturated carbocycles. The number of nitrogens with one attached hydrogen (secondary N) is 2. The first-order chi connectivity index (χ1) is 9.24. The van der Waals surface area contributed by atoms with Crippen LogP contribution >= 0.6 is 24.8 Å². The van der Waals surface area contributed by atoms with E-state index < -0.39 is 0 Å². The van der Waals surface area contributed by atoms with Crippen LogP contribution in [0.1, 0.15) is 12.8 Å². The van der Waals surface area contributed by atoms with E-state index in [1.54, 1.807) is 24.2 Å². The number of ether oxygens (including phenoxy) is 1. The van der Waals surface area contributed by atoms with Gasteiger partial charge in [0.05, 0.1) is 6.61 Å². The van der Waals surface area contributed by atoms with Gasteiger partial charge >= 0.3 is 0 Å². The highest BCUT2D eigenvalue weighted by atomic mass is 35.5. The van der Waals surface area contributed by atoms with Gasteiger partial charge in [-0.15, -0.1) is 24.8 Å². The molecule has 1 aromatic heterocycles. The molecule has 0 aromatic carbocycles. The lowest BCUT2D eigenvalue weighted by Gasteiger charge is -2.37. The third-order valence-electron chi connectivity index (χ3n) is 3.64. The molecule has 1 aliphatic rings. The van der Waals surface area contributed by atoms with Crippen LogP contribution in [0.2, 0.25) is 0 Å². The maximum atomic E-state index is 11.9. The standard InChI is InChI=1S/C13H22N4O2.2ClH/c1-19-11-13(3-6-14-7-4-13)10-15-12(18)9-17-8-2-5-16-17;;/h2,5,8,14H,3-4,6-7,9-11H2,1H3,(H,15,18);2*1H. The summed E-state index contributed by atoms with van der Waals surface area (Å²) in [4.78, 5) is 11.9. The van der Waals surface area contributed by atoms with Crippen molar-refractivity contribution in [3.63, 3.8) is 0 Å². The molecule has 0 aliphatic carbocycles. The van der Waals surface area contributed by atoms with Crippen LogP contribution in [0.25, 0.3) is 0 Å². The van der Waals surface area contributed by atoms with Crippen LogP contribution in [0.4, 0.5) is 0 Å². The Morgan fingerprint density at radius 1 is 1.43 bits per heavy atom. The molecule has 1 amide bonds. The minimum Gasteiger partial charge on any atom is -0.384 e. The smallest absolute Gasteiger partial charge is 0.241 e. The van der Waals surface area contributed by atoms with Crippen molar-refractivity contribution in [2.24, 2.45) is 5.41 Å². The molecule has 1 aromatic rings. The Morgan fingerprint density at radius 3 is 2.71 bits per heavy atom. The second-order valence-corrected chi connectivity index (χ2v) is 5.16. The van der Waals surface area contributed by atoms with Crippen molar-refractivity contribution in [3.05, 3.63) is 18.5 Å². The van der Waals surface area contributed by atoms with Gasteiger partial charge < -0.3 is 15.4 Å². The van der Waals surface area contributed by atoms with E-state index in [2.05, 4.69) is 15.7 Å². The molecule has 0 unspecified atom stereocenters. The Kier molecular flexibility index (Phi) is 9.61. The van der Waals surface area contributed by atoms with Crippen LogP contribution in [-0.2, 0) is 16.1 Å². The molecule has 1 aliphatic heterocycles. The summed E-state index contributed by atoms with van der Waals surface area (Å²) in [6.45, 7) is 3.60. The van der Waals surface area contributed by atoms with Gasteiger partial charge in [-0.1, -0.05) is 0 Å². The molecule has 0 spiro atoms. The molecule has 2 rings (SSSR count). The second-order valence-electron chi connectivity index (χ2n) is 5.16. The largest absolute Gasteiger partial charge is 0.384 e. The summed E-state index contributed by atoms with van der Waals surface area (Å²) in [5, 5.41) is 10.4. The lowest BCUT2D eigenvalue weighted by atomic mass is 9.79. The average molecular weight is 339 g/mol. The van der Waals surface area contributed by atoms with Gasteiger partial charge in [0.1, 0.15) is 6.54 Å². The number of piperidine rings is 1. The van der Waals surface area contributed by atoms with E-state index in [1.807, 2.05) is 6.07 Å². The molecule has 2 N–H and O–H groups in total. The topological polar surface area (TPSA) is 68.2 Å². The van der Waals surface area contributed by atoms with Crippen molar-refractivity contribution in [1.29, 1.82) is 0 Å². The van der Waals surface area contributed by atoms with E-state index in [-0.39, 0.29) is 42.7 Å². The van der Waals surface area contributed by atoms with Crippen molar-refractivity contribution < 1.29 is 9.53 Å². The summed E-state index contributed by atoms with van der Waals surface area (Å²) in [5.74, 6) is -0.00212. The van der Waals surface area contributed by atoms with Gasteiger partial charge in [0, 0.05) is 31.5 Å². The highest BCUT2D eigenvalue weighted by Gasteiger charge is 2.32. The van der Waals surface area contributed by atoms with Gasteiger partial charge in [-0.3, -0.25) is 9.48 Å². The number of rotatable bonds is 6. The summed E-state index contributed by atoms with van der Waals surface area (Å²) in [6.07, 6.45) is 5.52. The molecule has 1 fully saturated rings. The maximum absolute atomic E-state index is 11.9. The van der Waals surface area contributed by atoms with E-state index >= 15 is 0 Å². The number of carbonyl (C=O) groups is 1. The molecule has 0 atom stereocenters. The van der Waals surface area contributed by atoms with Gasteiger partial charge in [-0.05, 0) is 32.0 Å². The Morgan fingerprint density at radius 2 is 2.14 bits per heavy atom. The van der Waals surface area contributed by atoms with Crippen LogP contribution < -0.4 is 10.6 Å². The molecule has 122 valence electrons. The monoisotopic (exact) mass is 338 g/mol. The first kappa shape index (κ1) is 20.2. The summed E-state index contributed by atoms with van der Waals surface area (Å²) in [6, 6.07) is 1.81. The van der Waals surface area contributed by atoms with Gasteiger partial charge in [0.2, 0.25) is 5.91 Å². The fraction of sp³-hybridized carbons (Fsp3) is 0.692. The zero-order valence-corrected chi connectivity index (χ0v) is 13.8. The van der Waals surface area contributed by atoms with Crippen molar-refractivity contribution >= 4 is 30.7 Å². The number of hydrogen-bond acceptors (Lipinski definition) is 4. The van der Waals surface area contributed by atoms with Crippen LogP contribution in [0, 0.1) is 5.41 Å². The van der Waals surface area contributed by atoms with Gasteiger partial charge in [-0.2, -0.15) is 5.10 Å². The molecule has 0 radical (unpaired) electrons. The lowest BCUT2D eigenvalue weighted by molar-refractivity contribution is -0.122. The number of halogens is 2. The Hall–Kier alpha value is -0.820. The fourth-order valence-corrected chi connectivity index (χ4v) is 2.52. The van der Waals surface area contributed by atoms with Crippen molar-refractivity contribution in [3.8, 4) is 0 Å². The van der Waals surface area contributed by atoms with Crippen molar-refractivity contribution in [2.45, 2.75) is 19.4 Å². The normalized spacial score (nSPS) is 16.4. The zero-order chi connectivity index (χ0) is 13.6. The number of methoxy groups -OCH3 is 1. The van der Waals surface area contributed by atoms with Gasteiger partial charge in [0.25, 0.3) is 0 Å². The van der Waals surface area contributed by atoms with Gasteiger partial charge in [-0.25, -0.2) is 0 Å². The number of aromatic nitrogens is 2. The molecule has 2 heterocycles. The zero-order valence-electron chi connectivity index (χ0n) is 12.2. The van der Waals surface area contributed by atoms with Crippen LogP contribution in [0.15, 0.2) is 18.5 Å².